The Labute approximate surface area is 146 Å². The number of aryl methyl sites for hydroxylation is 1. The summed E-state index contributed by atoms with van der Waals surface area (Å²) in [4.78, 5) is 4.57. The zero-order valence-electron chi connectivity index (χ0n) is 14.2. The van der Waals surface area contributed by atoms with Crippen molar-refractivity contribution in [3.63, 3.8) is 0 Å². The Morgan fingerprint density at radius 2 is 1.76 bits per heavy atom. The van der Waals surface area contributed by atoms with E-state index in [-0.39, 0.29) is 0 Å². The molecule has 0 aliphatic carbocycles. The molecule has 0 fully saturated rings. The van der Waals surface area contributed by atoms with Crippen LogP contribution >= 0.6 is 0 Å². The summed E-state index contributed by atoms with van der Waals surface area (Å²) in [5, 5.41) is 6.57. The minimum Gasteiger partial charge on any atom is -0.383 e. The number of rotatable bonds is 4. The fourth-order valence-corrected chi connectivity index (χ4v) is 3.40. The quantitative estimate of drug-likeness (QED) is 0.596. The number of nitrogens with zero attached hydrogens (tertiary/aromatic N) is 3. The van der Waals surface area contributed by atoms with Crippen LogP contribution in [-0.2, 0) is 13.0 Å². The summed E-state index contributed by atoms with van der Waals surface area (Å²) < 4.78 is 1.83. The summed E-state index contributed by atoms with van der Waals surface area (Å²) >= 11 is 0. The van der Waals surface area contributed by atoms with E-state index < -0.39 is 0 Å². The van der Waals surface area contributed by atoms with Gasteiger partial charge in [-0.05, 0) is 30.0 Å². The van der Waals surface area contributed by atoms with Crippen LogP contribution < -0.4 is 11.5 Å². The van der Waals surface area contributed by atoms with Gasteiger partial charge >= 0.3 is 0 Å². The Kier molecular flexibility index (Phi) is 3.76. The lowest BCUT2D eigenvalue weighted by Crippen LogP contribution is -2.03. The molecule has 4 rings (SSSR count). The van der Waals surface area contributed by atoms with E-state index in [1.807, 2.05) is 22.9 Å². The molecule has 5 heteroatoms. The zero-order chi connectivity index (χ0) is 17.4. The Hall–Kier alpha value is -3.08. The van der Waals surface area contributed by atoms with Crippen LogP contribution in [0.25, 0.3) is 21.8 Å². The molecule has 2 aromatic heterocycles. The predicted molar refractivity (Wildman–Crippen MR) is 103 cm³/mol. The van der Waals surface area contributed by atoms with Gasteiger partial charge < -0.3 is 11.5 Å². The lowest BCUT2D eigenvalue weighted by atomic mass is 9.98. The van der Waals surface area contributed by atoms with Crippen molar-refractivity contribution in [1.29, 1.82) is 0 Å². The van der Waals surface area contributed by atoms with Gasteiger partial charge in [0, 0.05) is 11.9 Å². The molecule has 126 valence electrons. The summed E-state index contributed by atoms with van der Waals surface area (Å²) in [7, 11) is 0. The molecule has 0 aliphatic heterocycles. The first-order chi connectivity index (χ1) is 12.2. The molecule has 2 heterocycles. The number of hydrogen-bond acceptors (Lipinski definition) is 4. The molecule has 0 amide bonds. The van der Waals surface area contributed by atoms with Crippen LogP contribution in [0.5, 0.6) is 0 Å². The smallest absolute Gasteiger partial charge is 0.152 e. The number of pyridine rings is 1. The molecule has 0 unspecified atom stereocenters. The van der Waals surface area contributed by atoms with E-state index in [0.717, 1.165) is 35.7 Å². The van der Waals surface area contributed by atoms with E-state index in [1.54, 1.807) is 0 Å². The molecule has 4 aromatic rings. The van der Waals surface area contributed by atoms with Crippen molar-refractivity contribution in [2.75, 3.05) is 11.5 Å². The first-order valence-electron chi connectivity index (χ1n) is 8.56. The maximum absolute atomic E-state index is 6.44. The average molecular weight is 331 g/mol. The third-order valence-electron chi connectivity index (χ3n) is 4.53. The van der Waals surface area contributed by atoms with Crippen LogP contribution in [0.4, 0.5) is 11.6 Å². The highest BCUT2D eigenvalue weighted by Crippen LogP contribution is 2.34. The molecule has 4 N–H and O–H groups in total. The largest absolute Gasteiger partial charge is 0.383 e. The molecule has 0 atom stereocenters. The number of benzene rings is 2. The summed E-state index contributed by atoms with van der Waals surface area (Å²) in [6.45, 7) is 2.87. The van der Waals surface area contributed by atoms with Gasteiger partial charge in [-0.25, -0.2) is 9.67 Å². The van der Waals surface area contributed by atoms with Gasteiger partial charge in [-0.15, -0.1) is 0 Å². The molecule has 25 heavy (non-hydrogen) atoms. The molecular formula is C20H21N5. The normalized spacial score (nSPS) is 11.4. The number of hydrogen-bond donors (Lipinski definition) is 2. The second-order valence-corrected chi connectivity index (χ2v) is 6.30. The van der Waals surface area contributed by atoms with E-state index in [1.165, 1.54) is 11.1 Å². The minimum atomic E-state index is 0.431. The van der Waals surface area contributed by atoms with Gasteiger partial charge in [0.05, 0.1) is 10.9 Å². The fourth-order valence-electron chi connectivity index (χ4n) is 3.40. The van der Waals surface area contributed by atoms with Crippen molar-refractivity contribution in [2.45, 2.75) is 26.3 Å². The van der Waals surface area contributed by atoms with Crippen LogP contribution in [0.2, 0.25) is 0 Å². The van der Waals surface area contributed by atoms with Gasteiger partial charge in [0.25, 0.3) is 0 Å². The van der Waals surface area contributed by atoms with E-state index in [0.29, 0.717) is 17.2 Å². The maximum Gasteiger partial charge on any atom is 0.152 e. The van der Waals surface area contributed by atoms with Gasteiger partial charge in [-0.2, -0.15) is 5.10 Å². The maximum atomic E-state index is 6.44. The van der Waals surface area contributed by atoms with Crippen molar-refractivity contribution >= 4 is 33.4 Å². The third-order valence-corrected chi connectivity index (χ3v) is 4.53. The van der Waals surface area contributed by atoms with Gasteiger partial charge in [0.2, 0.25) is 0 Å². The highest BCUT2D eigenvalue weighted by molar-refractivity contribution is 6.14. The second-order valence-electron chi connectivity index (χ2n) is 6.30. The second kappa shape index (κ2) is 6.09. The lowest BCUT2D eigenvalue weighted by molar-refractivity contribution is 0.617. The number of fused-ring (bicyclic) bond motifs is 3. The first kappa shape index (κ1) is 15.4. The Morgan fingerprint density at radius 1 is 0.960 bits per heavy atom. The average Bonchev–Trinajstić information content (AvgIpc) is 2.94. The molecule has 0 saturated carbocycles. The van der Waals surface area contributed by atoms with E-state index in [4.69, 9.17) is 11.5 Å². The topological polar surface area (TPSA) is 82.8 Å². The van der Waals surface area contributed by atoms with Crippen molar-refractivity contribution < 1.29 is 0 Å². The minimum absolute atomic E-state index is 0.431. The molecule has 0 radical (unpaired) electrons. The summed E-state index contributed by atoms with van der Waals surface area (Å²) in [6.07, 6.45) is 1.78. The van der Waals surface area contributed by atoms with Gasteiger partial charge in [0.1, 0.15) is 11.3 Å². The SMILES string of the molecule is CCCn1nc2c(N)nc3cccc(Cc4ccccc4)c3c2c1N. The molecule has 2 aromatic carbocycles. The van der Waals surface area contributed by atoms with Crippen molar-refractivity contribution in [3.05, 3.63) is 59.7 Å². The molecule has 0 bridgehead atoms. The highest BCUT2D eigenvalue weighted by Gasteiger charge is 2.17. The molecule has 0 aliphatic rings. The highest BCUT2D eigenvalue weighted by atomic mass is 15.3. The summed E-state index contributed by atoms with van der Waals surface area (Å²) in [5.41, 5.74) is 16.6. The van der Waals surface area contributed by atoms with Gasteiger partial charge in [-0.1, -0.05) is 49.4 Å². The van der Waals surface area contributed by atoms with Gasteiger partial charge in [0.15, 0.2) is 5.82 Å². The molecule has 5 nitrogen and oxygen atoms in total. The fraction of sp³-hybridized carbons (Fsp3) is 0.200. The van der Waals surface area contributed by atoms with Gasteiger partial charge in [-0.3, -0.25) is 0 Å². The van der Waals surface area contributed by atoms with Crippen LogP contribution in [0, 0.1) is 0 Å². The van der Waals surface area contributed by atoms with Crippen molar-refractivity contribution in [2.24, 2.45) is 0 Å². The first-order valence-corrected chi connectivity index (χ1v) is 8.56. The third kappa shape index (κ3) is 2.58. The number of anilines is 2. The lowest BCUT2D eigenvalue weighted by Gasteiger charge is -2.09. The predicted octanol–water partition coefficient (Wildman–Crippen LogP) is 3.75. The van der Waals surface area contributed by atoms with Crippen molar-refractivity contribution in [1.82, 2.24) is 14.8 Å². The summed E-state index contributed by atoms with van der Waals surface area (Å²) in [5.74, 6) is 1.09. The van der Waals surface area contributed by atoms with Crippen molar-refractivity contribution in [3.8, 4) is 0 Å². The van der Waals surface area contributed by atoms with E-state index >= 15 is 0 Å². The number of aromatic nitrogens is 3. The summed E-state index contributed by atoms with van der Waals surface area (Å²) in [6, 6.07) is 16.5. The van der Waals surface area contributed by atoms with E-state index in [9.17, 15) is 0 Å². The standard InChI is InChI=1S/C20H21N5/c1-2-11-25-20(22)17-16-14(12-13-7-4-3-5-8-13)9-6-10-15(16)23-19(21)18(17)24-25/h3-10H,2,11-12,22H2,1H3,(H2,21,23). The van der Waals surface area contributed by atoms with E-state index in [2.05, 4.69) is 47.3 Å². The number of nitrogens with two attached hydrogens (primary N) is 2. The Bertz CT molecular complexity index is 1050. The monoisotopic (exact) mass is 331 g/mol. The van der Waals surface area contributed by atoms with Crippen LogP contribution in [0.1, 0.15) is 24.5 Å². The van der Waals surface area contributed by atoms with Crippen LogP contribution in [0.15, 0.2) is 48.5 Å². The van der Waals surface area contributed by atoms with Crippen LogP contribution in [0.3, 0.4) is 0 Å². The number of nitrogen functional groups attached to an aromatic ring is 2. The molecular weight excluding hydrogens is 310 g/mol. The van der Waals surface area contributed by atoms with Crippen LogP contribution in [-0.4, -0.2) is 14.8 Å². The molecule has 0 spiro atoms. The Balaban J connectivity index is 2.01. The zero-order valence-corrected chi connectivity index (χ0v) is 14.2. The molecule has 0 saturated heterocycles. The Morgan fingerprint density at radius 3 is 2.52 bits per heavy atom.